The summed E-state index contributed by atoms with van der Waals surface area (Å²) in [5, 5.41) is 9.16. The summed E-state index contributed by atoms with van der Waals surface area (Å²) in [5.41, 5.74) is 2.78. The summed E-state index contributed by atoms with van der Waals surface area (Å²) in [6.45, 7) is 3.01. The van der Waals surface area contributed by atoms with Gasteiger partial charge in [-0.05, 0) is 36.4 Å². The van der Waals surface area contributed by atoms with E-state index in [1.54, 1.807) is 24.3 Å². The predicted octanol–water partition coefficient (Wildman–Crippen LogP) is 3.20. The molecule has 1 aromatic heterocycles. The molecule has 0 atom stereocenters. The van der Waals surface area contributed by atoms with Gasteiger partial charge >= 0.3 is 0 Å². The number of nitrogens with zero attached hydrogens (tertiary/aromatic N) is 1. The van der Waals surface area contributed by atoms with Crippen LogP contribution in [0, 0.1) is 0 Å². The Kier molecular flexibility index (Phi) is 5.21. The second kappa shape index (κ2) is 7.74. The molecule has 7 nitrogen and oxygen atoms in total. The van der Waals surface area contributed by atoms with Crippen molar-refractivity contribution in [2.45, 2.75) is 20.4 Å². The van der Waals surface area contributed by atoms with E-state index >= 15 is 0 Å². The Labute approximate surface area is 156 Å². The van der Waals surface area contributed by atoms with Crippen LogP contribution in [0.5, 0.6) is 0 Å². The van der Waals surface area contributed by atoms with E-state index in [4.69, 9.17) is 0 Å². The van der Waals surface area contributed by atoms with Gasteiger partial charge in [-0.15, -0.1) is 0 Å². The highest BCUT2D eigenvalue weighted by molar-refractivity contribution is 6.01. The van der Waals surface area contributed by atoms with Crippen molar-refractivity contribution in [3.8, 4) is 0 Å². The van der Waals surface area contributed by atoms with Crippen molar-refractivity contribution in [3.63, 3.8) is 0 Å². The molecule has 0 saturated carbocycles. The van der Waals surface area contributed by atoms with E-state index in [1.807, 2.05) is 35.0 Å². The van der Waals surface area contributed by atoms with Crippen LogP contribution in [0.1, 0.15) is 13.8 Å². The molecular weight excluding hydrogens is 344 g/mol. The Hall–Kier alpha value is -3.61. The fraction of sp³-hybridized carbons (Fsp3) is 0.150. The second-order valence-electron chi connectivity index (χ2n) is 6.17. The van der Waals surface area contributed by atoms with Crippen molar-refractivity contribution in [2.24, 2.45) is 0 Å². The molecule has 7 heteroatoms. The van der Waals surface area contributed by atoms with Crippen molar-refractivity contribution in [2.75, 3.05) is 16.0 Å². The van der Waals surface area contributed by atoms with Gasteiger partial charge in [0, 0.05) is 36.8 Å². The quantitative estimate of drug-likeness (QED) is 0.649. The first-order valence-corrected chi connectivity index (χ1v) is 8.45. The number of hydrogen-bond donors (Lipinski definition) is 3. The average molecular weight is 364 g/mol. The lowest BCUT2D eigenvalue weighted by Crippen LogP contribution is -2.18. The van der Waals surface area contributed by atoms with E-state index in [9.17, 15) is 14.4 Å². The Morgan fingerprint density at radius 3 is 2.22 bits per heavy atom. The molecule has 3 N–H and O–H groups in total. The van der Waals surface area contributed by atoms with E-state index in [0.29, 0.717) is 17.1 Å². The molecule has 2 aromatic carbocycles. The molecule has 3 aromatic rings. The highest BCUT2D eigenvalue weighted by atomic mass is 16.2. The van der Waals surface area contributed by atoms with E-state index in [-0.39, 0.29) is 24.3 Å². The molecule has 0 bridgehead atoms. The van der Waals surface area contributed by atoms with Gasteiger partial charge in [-0.3, -0.25) is 14.4 Å². The maximum atomic E-state index is 12.4. The SMILES string of the molecule is CC(=O)Nc1cccc(NC(=O)Cn2ccc3c(NC(C)=O)cccc32)c1. The molecule has 3 amide bonds. The molecule has 0 aliphatic heterocycles. The van der Waals surface area contributed by atoms with Crippen LogP contribution in [0.3, 0.4) is 0 Å². The van der Waals surface area contributed by atoms with Crippen molar-refractivity contribution in [1.82, 2.24) is 4.57 Å². The Morgan fingerprint density at radius 2 is 1.52 bits per heavy atom. The maximum absolute atomic E-state index is 12.4. The fourth-order valence-electron chi connectivity index (χ4n) is 2.89. The van der Waals surface area contributed by atoms with Gasteiger partial charge in [-0.2, -0.15) is 0 Å². The lowest BCUT2D eigenvalue weighted by Gasteiger charge is -2.10. The van der Waals surface area contributed by atoms with Crippen LogP contribution in [0.2, 0.25) is 0 Å². The Morgan fingerprint density at radius 1 is 0.852 bits per heavy atom. The standard InChI is InChI=1S/C20H20N4O3/c1-13(25)21-15-5-3-6-16(11-15)23-20(27)12-24-10-9-17-18(22-14(2)26)7-4-8-19(17)24/h3-11H,12H2,1-2H3,(H,21,25)(H,22,26)(H,23,27). The first-order valence-electron chi connectivity index (χ1n) is 8.45. The molecule has 27 heavy (non-hydrogen) atoms. The zero-order valence-corrected chi connectivity index (χ0v) is 15.1. The molecule has 138 valence electrons. The summed E-state index contributed by atoms with van der Waals surface area (Å²) >= 11 is 0. The minimum atomic E-state index is -0.197. The second-order valence-corrected chi connectivity index (χ2v) is 6.17. The summed E-state index contributed by atoms with van der Waals surface area (Å²) < 4.78 is 1.81. The van der Waals surface area contributed by atoms with E-state index < -0.39 is 0 Å². The van der Waals surface area contributed by atoms with Crippen LogP contribution in [-0.2, 0) is 20.9 Å². The number of hydrogen-bond acceptors (Lipinski definition) is 3. The van der Waals surface area contributed by atoms with Crippen LogP contribution in [0.15, 0.2) is 54.7 Å². The number of carbonyl (C=O) groups excluding carboxylic acids is 3. The smallest absolute Gasteiger partial charge is 0.244 e. The van der Waals surface area contributed by atoms with Crippen LogP contribution >= 0.6 is 0 Å². The van der Waals surface area contributed by atoms with E-state index in [2.05, 4.69) is 16.0 Å². The summed E-state index contributed by atoms with van der Waals surface area (Å²) in [6, 6.07) is 14.4. The lowest BCUT2D eigenvalue weighted by molar-refractivity contribution is -0.117. The third kappa shape index (κ3) is 4.52. The van der Waals surface area contributed by atoms with E-state index in [0.717, 1.165) is 10.9 Å². The number of benzene rings is 2. The van der Waals surface area contributed by atoms with Crippen molar-refractivity contribution in [1.29, 1.82) is 0 Å². The average Bonchev–Trinajstić information content (AvgIpc) is 2.98. The van der Waals surface area contributed by atoms with Gasteiger partial charge < -0.3 is 20.5 Å². The zero-order valence-electron chi connectivity index (χ0n) is 15.1. The van der Waals surface area contributed by atoms with Crippen molar-refractivity contribution >= 4 is 45.7 Å². The third-order valence-corrected chi connectivity index (χ3v) is 3.91. The van der Waals surface area contributed by atoms with Gasteiger partial charge in [0.2, 0.25) is 17.7 Å². The summed E-state index contributed by atoms with van der Waals surface area (Å²) in [7, 11) is 0. The molecule has 0 spiro atoms. The molecule has 0 saturated heterocycles. The molecule has 0 aliphatic carbocycles. The molecule has 0 unspecified atom stereocenters. The van der Waals surface area contributed by atoms with Crippen LogP contribution in [-0.4, -0.2) is 22.3 Å². The largest absolute Gasteiger partial charge is 0.338 e. The monoisotopic (exact) mass is 364 g/mol. The van der Waals surface area contributed by atoms with Crippen LogP contribution < -0.4 is 16.0 Å². The van der Waals surface area contributed by atoms with Gasteiger partial charge in [-0.25, -0.2) is 0 Å². The number of rotatable bonds is 5. The topological polar surface area (TPSA) is 92.2 Å². The lowest BCUT2D eigenvalue weighted by atomic mass is 10.2. The minimum absolute atomic E-state index is 0.122. The van der Waals surface area contributed by atoms with Crippen LogP contribution in [0.25, 0.3) is 10.9 Å². The number of aromatic nitrogens is 1. The molecular formula is C20H20N4O3. The number of nitrogens with one attached hydrogen (secondary N) is 3. The number of carbonyl (C=O) groups is 3. The van der Waals surface area contributed by atoms with Crippen molar-refractivity contribution in [3.05, 3.63) is 54.7 Å². The number of anilines is 3. The van der Waals surface area contributed by atoms with Crippen LogP contribution in [0.4, 0.5) is 17.1 Å². The normalized spacial score (nSPS) is 10.4. The van der Waals surface area contributed by atoms with Gasteiger partial charge in [0.1, 0.15) is 6.54 Å². The summed E-state index contributed by atoms with van der Waals surface area (Å²) in [6.07, 6.45) is 1.81. The van der Waals surface area contributed by atoms with Crippen molar-refractivity contribution < 1.29 is 14.4 Å². The first kappa shape index (κ1) is 18.2. The summed E-state index contributed by atoms with van der Waals surface area (Å²) in [5.74, 6) is -0.517. The minimum Gasteiger partial charge on any atom is -0.338 e. The highest BCUT2D eigenvalue weighted by Gasteiger charge is 2.10. The number of fused-ring (bicyclic) bond motifs is 1. The molecule has 0 fully saturated rings. The van der Waals surface area contributed by atoms with Gasteiger partial charge in [0.25, 0.3) is 0 Å². The van der Waals surface area contributed by atoms with Gasteiger partial charge in [0.05, 0.1) is 11.2 Å². The molecule has 0 radical (unpaired) electrons. The third-order valence-electron chi connectivity index (χ3n) is 3.91. The maximum Gasteiger partial charge on any atom is 0.244 e. The molecule has 0 aliphatic rings. The fourth-order valence-corrected chi connectivity index (χ4v) is 2.89. The zero-order chi connectivity index (χ0) is 19.4. The van der Waals surface area contributed by atoms with Gasteiger partial charge in [0.15, 0.2) is 0 Å². The first-order chi connectivity index (χ1) is 12.9. The summed E-state index contributed by atoms with van der Waals surface area (Å²) in [4.78, 5) is 34.9. The highest BCUT2D eigenvalue weighted by Crippen LogP contribution is 2.24. The molecule has 3 rings (SSSR count). The molecule has 1 heterocycles. The number of amides is 3. The van der Waals surface area contributed by atoms with Gasteiger partial charge in [-0.1, -0.05) is 12.1 Å². The Balaban J connectivity index is 1.75. The van der Waals surface area contributed by atoms with E-state index in [1.165, 1.54) is 13.8 Å². The predicted molar refractivity (Wildman–Crippen MR) is 106 cm³/mol. The Bertz CT molecular complexity index is 1020.